The zero-order valence-electron chi connectivity index (χ0n) is 13.9. The van der Waals surface area contributed by atoms with Gasteiger partial charge in [0.25, 0.3) is 0 Å². The third-order valence-corrected chi connectivity index (χ3v) is 4.26. The lowest BCUT2D eigenvalue weighted by Crippen LogP contribution is -2.39. The molecule has 1 amide bonds. The predicted molar refractivity (Wildman–Crippen MR) is 90.7 cm³/mol. The van der Waals surface area contributed by atoms with Gasteiger partial charge in [-0.15, -0.1) is 0 Å². The van der Waals surface area contributed by atoms with E-state index in [2.05, 4.69) is 5.32 Å². The topological polar surface area (TPSA) is 73.6 Å². The Bertz CT molecular complexity index is 493. The number of nitrogens with one attached hydrogen (secondary N) is 1. The minimum Gasteiger partial charge on any atom is -0.490 e. The maximum atomic E-state index is 12.0. The van der Waals surface area contributed by atoms with E-state index in [-0.39, 0.29) is 11.9 Å². The standard InChI is InChI=1S/C18H28N2O3/c1-2-22-16-9-3-4-10-17(16)23-12-6-11-18(21)20-15-8-5-7-14(15)13-19/h3-4,9-10,14-15H,2,5-8,11-13,19H2,1H3,(H,20,21). The summed E-state index contributed by atoms with van der Waals surface area (Å²) < 4.78 is 11.2. The number of hydrogen-bond acceptors (Lipinski definition) is 4. The van der Waals surface area contributed by atoms with Crippen LogP contribution in [0.3, 0.4) is 0 Å². The summed E-state index contributed by atoms with van der Waals surface area (Å²) in [6.07, 6.45) is 4.49. The summed E-state index contributed by atoms with van der Waals surface area (Å²) in [6.45, 7) is 3.70. The highest BCUT2D eigenvalue weighted by atomic mass is 16.5. The van der Waals surface area contributed by atoms with Gasteiger partial charge in [0.2, 0.25) is 5.91 Å². The van der Waals surface area contributed by atoms with Crippen molar-refractivity contribution < 1.29 is 14.3 Å². The van der Waals surface area contributed by atoms with Crippen molar-refractivity contribution in [2.24, 2.45) is 11.7 Å². The van der Waals surface area contributed by atoms with Crippen LogP contribution in [0.4, 0.5) is 0 Å². The molecule has 2 rings (SSSR count). The first-order chi connectivity index (χ1) is 11.2. The van der Waals surface area contributed by atoms with Crippen LogP contribution in [-0.4, -0.2) is 31.7 Å². The SMILES string of the molecule is CCOc1ccccc1OCCCC(=O)NC1CCCC1CN. The summed E-state index contributed by atoms with van der Waals surface area (Å²) in [6, 6.07) is 7.86. The van der Waals surface area contributed by atoms with Gasteiger partial charge in [0.1, 0.15) is 0 Å². The Morgan fingerprint density at radius 2 is 2.00 bits per heavy atom. The first kappa shape index (κ1) is 17.6. The van der Waals surface area contributed by atoms with Gasteiger partial charge in [-0.2, -0.15) is 0 Å². The Morgan fingerprint density at radius 3 is 2.70 bits per heavy atom. The van der Waals surface area contributed by atoms with Gasteiger partial charge in [0, 0.05) is 12.5 Å². The molecule has 5 heteroatoms. The fourth-order valence-corrected chi connectivity index (χ4v) is 3.05. The smallest absolute Gasteiger partial charge is 0.220 e. The average molecular weight is 320 g/mol. The van der Waals surface area contributed by atoms with Crippen molar-refractivity contribution in [2.45, 2.75) is 45.1 Å². The van der Waals surface area contributed by atoms with Gasteiger partial charge in [-0.05, 0) is 50.8 Å². The number of amides is 1. The van der Waals surface area contributed by atoms with E-state index in [0.29, 0.717) is 38.5 Å². The number of para-hydroxylation sites is 2. The second-order valence-corrected chi connectivity index (χ2v) is 5.93. The van der Waals surface area contributed by atoms with Crippen LogP contribution < -0.4 is 20.5 Å². The molecule has 1 aromatic carbocycles. The summed E-state index contributed by atoms with van der Waals surface area (Å²) in [7, 11) is 0. The predicted octanol–water partition coefficient (Wildman–Crippen LogP) is 2.49. The van der Waals surface area contributed by atoms with Crippen LogP contribution in [0.2, 0.25) is 0 Å². The molecule has 0 saturated heterocycles. The molecule has 1 aromatic rings. The minimum atomic E-state index is 0.0945. The van der Waals surface area contributed by atoms with Crippen LogP contribution in [0.15, 0.2) is 24.3 Å². The molecular weight excluding hydrogens is 292 g/mol. The summed E-state index contributed by atoms with van der Waals surface area (Å²) in [4.78, 5) is 12.0. The van der Waals surface area contributed by atoms with E-state index in [4.69, 9.17) is 15.2 Å². The van der Waals surface area contributed by atoms with Gasteiger partial charge in [-0.25, -0.2) is 0 Å². The second-order valence-electron chi connectivity index (χ2n) is 5.93. The first-order valence-corrected chi connectivity index (χ1v) is 8.58. The lowest BCUT2D eigenvalue weighted by Gasteiger charge is -2.19. The lowest BCUT2D eigenvalue weighted by molar-refractivity contribution is -0.122. The molecule has 0 aliphatic heterocycles. The fourth-order valence-electron chi connectivity index (χ4n) is 3.05. The highest BCUT2D eigenvalue weighted by molar-refractivity contribution is 5.76. The fraction of sp³-hybridized carbons (Fsp3) is 0.611. The molecule has 2 atom stereocenters. The summed E-state index contributed by atoms with van der Waals surface area (Å²) in [5.74, 6) is 2.01. The van der Waals surface area contributed by atoms with Gasteiger partial charge in [0.05, 0.1) is 13.2 Å². The molecule has 0 spiro atoms. The molecule has 0 aromatic heterocycles. The summed E-state index contributed by atoms with van der Waals surface area (Å²) in [5.41, 5.74) is 5.74. The summed E-state index contributed by atoms with van der Waals surface area (Å²) in [5, 5.41) is 3.11. The number of carbonyl (C=O) groups excluding carboxylic acids is 1. The number of nitrogens with two attached hydrogens (primary N) is 1. The van der Waals surface area contributed by atoms with Crippen molar-refractivity contribution in [2.75, 3.05) is 19.8 Å². The van der Waals surface area contributed by atoms with E-state index >= 15 is 0 Å². The summed E-state index contributed by atoms with van der Waals surface area (Å²) >= 11 is 0. The molecule has 1 fully saturated rings. The van der Waals surface area contributed by atoms with Crippen molar-refractivity contribution >= 4 is 5.91 Å². The quantitative estimate of drug-likeness (QED) is 0.686. The van der Waals surface area contributed by atoms with Gasteiger partial charge in [-0.3, -0.25) is 4.79 Å². The Labute approximate surface area is 138 Å². The molecular formula is C18H28N2O3. The molecule has 3 N–H and O–H groups in total. The van der Waals surface area contributed by atoms with E-state index < -0.39 is 0 Å². The van der Waals surface area contributed by atoms with Crippen LogP contribution in [-0.2, 0) is 4.79 Å². The van der Waals surface area contributed by atoms with Gasteiger partial charge in [-0.1, -0.05) is 18.6 Å². The maximum Gasteiger partial charge on any atom is 0.220 e. The number of benzene rings is 1. The van der Waals surface area contributed by atoms with Crippen LogP contribution in [0.5, 0.6) is 11.5 Å². The molecule has 0 radical (unpaired) electrons. The highest BCUT2D eigenvalue weighted by Crippen LogP contribution is 2.26. The van der Waals surface area contributed by atoms with Crippen LogP contribution in [0.25, 0.3) is 0 Å². The number of rotatable bonds is 9. The van der Waals surface area contributed by atoms with Gasteiger partial charge in [0.15, 0.2) is 11.5 Å². The first-order valence-electron chi connectivity index (χ1n) is 8.58. The molecule has 5 nitrogen and oxygen atoms in total. The molecule has 1 aliphatic carbocycles. The molecule has 0 heterocycles. The number of ether oxygens (including phenoxy) is 2. The maximum absolute atomic E-state index is 12.0. The molecule has 0 bridgehead atoms. The molecule has 2 unspecified atom stereocenters. The van der Waals surface area contributed by atoms with Crippen molar-refractivity contribution in [3.05, 3.63) is 24.3 Å². The third-order valence-electron chi connectivity index (χ3n) is 4.26. The zero-order chi connectivity index (χ0) is 16.5. The molecule has 23 heavy (non-hydrogen) atoms. The third kappa shape index (κ3) is 5.43. The van der Waals surface area contributed by atoms with E-state index in [1.54, 1.807) is 0 Å². The largest absolute Gasteiger partial charge is 0.490 e. The van der Waals surface area contributed by atoms with Crippen LogP contribution in [0.1, 0.15) is 39.0 Å². The van der Waals surface area contributed by atoms with E-state index in [1.165, 1.54) is 0 Å². The Balaban J connectivity index is 1.68. The Hall–Kier alpha value is -1.75. The zero-order valence-corrected chi connectivity index (χ0v) is 13.9. The van der Waals surface area contributed by atoms with Gasteiger partial charge >= 0.3 is 0 Å². The van der Waals surface area contributed by atoms with E-state index in [0.717, 1.165) is 30.8 Å². The highest BCUT2D eigenvalue weighted by Gasteiger charge is 2.26. The normalized spacial score (nSPS) is 20.3. The molecule has 128 valence electrons. The monoisotopic (exact) mass is 320 g/mol. The molecule has 1 saturated carbocycles. The average Bonchev–Trinajstić information content (AvgIpc) is 3.00. The number of hydrogen-bond donors (Lipinski definition) is 2. The van der Waals surface area contributed by atoms with Crippen molar-refractivity contribution in [1.29, 1.82) is 0 Å². The van der Waals surface area contributed by atoms with Crippen LogP contribution in [0, 0.1) is 5.92 Å². The van der Waals surface area contributed by atoms with Gasteiger partial charge < -0.3 is 20.5 Å². The van der Waals surface area contributed by atoms with Crippen molar-refractivity contribution in [3.63, 3.8) is 0 Å². The van der Waals surface area contributed by atoms with Crippen molar-refractivity contribution in [3.8, 4) is 11.5 Å². The molecule has 1 aliphatic rings. The second kappa shape index (κ2) is 9.40. The Kier molecular flexibility index (Phi) is 7.20. The van der Waals surface area contributed by atoms with E-state index in [9.17, 15) is 4.79 Å². The number of carbonyl (C=O) groups is 1. The van der Waals surface area contributed by atoms with Crippen LogP contribution >= 0.6 is 0 Å². The van der Waals surface area contributed by atoms with Crippen molar-refractivity contribution in [1.82, 2.24) is 5.32 Å². The minimum absolute atomic E-state index is 0.0945. The lowest BCUT2D eigenvalue weighted by atomic mass is 10.0. The Morgan fingerprint density at radius 1 is 1.26 bits per heavy atom. The van der Waals surface area contributed by atoms with E-state index in [1.807, 2.05) is 31.2 Å².